The summed E-state index contributed by atoms with van der Waals surface area (Å²) >= 11 is 7.15. The van der Waals surface area contributed by atoms with Crippen LogP contribution < -0.4 is 0 Å². The molecule has 0 radical (unpaired) electrons. The van der Waals surface area contributed by atoms with Crippen LogP contribution in [0.4, 0.5) is 0 Å². The average Bonchev–Trinajstić information content (AvgIpc) is 2.40. The van der Waals surface area contributed by atoms with Crippen molar-refractivity contribution in [2.45, 2.75) is 11.8 Å². The molecular formula is C14H14Br2. The Labute approximate surface area is 114 Å². The highest BCUT2D eigenvalue weighted by atomic mass is 79.9. The summed E-state index contributed by atoms with van der Waals surface area (Å²) in [6.45, 7) is 0. The molecule has 0 nitrogen and oxygen atoms in total. The highest BCUT2D eigenvalue weighted by Gasteiger charge is 2.28. The van der Waals surface area contributed by atoms with Crippen LogP contribution in [0.25, 0.3) is 0 Å². The minimum absolute atomic E-state index is 0.132. The maximum absolute atomic E-state index is 3.65. The van der Waals surface area contributed by atoms with Crippen LogP contribution in [0.5, 0.6) is 0 Å². The quantitative estimate of drug-likeness (QED) is 0.705. The van der Waals surface area contributed by atoms with Crippen LogP contribution in [-0.4, -0.2) is 10.7 Å². The Balaban J connectivity index is 2.31. The molecule has 0 saturated heterocycles. The molecule has 0 aliphatic heterocycles. The molecule has 0 N–H and O–H groups in total. The SMILES string of the molecule is BrCC1=CCC(CBr)(c2ccccc2)C=C1. The van der Waals surface area contributed by atoms with Crippen molar-refractivity contribution in [2.75, 3.05) is 10.7 Å². The first-order valence-electron chi connectivity index (χ1n) is 5.36. The normalized spacial score (nSPS) is 24.2. The van der Waals surface area contributed by atoms with E-state index in [2.05, 4.69) is 80.4 Å². The molecule has 0 aromatic heterocycles. The van der Waals surface area contributed by atoms with Crippen molar-refractivity contribution in [1.82, 2.24) is 0 Å². The summed E-state index contributed by atoms with van der Waals surface area (Å²) in [5.41, 5.74) is 2.88. The summed E-state index contributed by atoms with van der Waals surface area (Å²) in [6, 6.07) is 10.7. The van der Waals surface area contributed by atoms with Gasteiger partial charge in [0.15, 0.2) is 0 Å². The third-order valence-corrected chi connectivity index (χ3v) is 4.73. The van der Waals surface area contributed by atoms with Crippen LogP contribution in [0, 0.1) is 0 Å². The third kappa shape index (κ3) is 2.33. The fourth-order valence-corrected chi connectivity index (χ4v) is 3.13. The standard InChI is InChI=1S/C14H14Br2/c15-10-12-6-8-14(11-16,9-7-12)13-4-2-1-3-5-13/h1-8H,9-11H2. The number of benzene rings is 1. The van der Waals surface area contributed by atoms with Crippen molar-refractivity contribution in [1.29, 1.82) is 0 Å². The molecular weight excluding hydrogens is 328 g/mol. The van der Waals surface area contributed by atoms with E-state index in [0.29, 0.717) is 0 Å². The fraction of sp³-hybridized carbons (Fsp3) is 0.286. The first kappa shape index (κ1) is 12.1. The van der Waals surface area contributed by atoms with Gasteiger partial charge in [-0.25, -0.2) is 0 Å². The minimum Gasteiger partial charge on any atom is -0.0915 e. The van der Waals surface area contributed by atoms with E-state index >= 15 is 0 Å². The number of allylic oxidation sites excluding steroid dienone is 4. The highest BCUT2D eigenvalue weighted by molar-refractivity contribution is 9.09. The van der Waals surface area contributed by atoms with E-state index < -0.39 is 0 Å². The monoisotopic (exact) mass is 340 g/mol. The van der Waals surface area contributed by atoms with Gasteiger partial charge in [0.05, 0.1) is 0 Å². The van der Waals surface area contributed by atoms with Crippen molar-refractivity contribution in [3.8, 4) is 0 Å². The summed E-state index contributed by atoms with van der Waals surface area (Å²) in [5, 5.41) is 1.91. The van der Waals surface area contributed by atoms with Crippen LogP contribution in [-0.2, 0) is 5.41 Å². The van der Waals surface area contributed by atoms with Crippen LogP contribution in [0.15, 0.2) is 54.1 Å². The van der Waals surface area contributed by atoms with Gasteiger partial charge in [-0.05, 0) is 17.6 Å². The highest BCUT2D eigenvalue weighted by Crippen LogP contribution is 2.35. The van der Waals surface area contributed by atoms with Crippen LogP contribution in [0.2, 0.25) is 0 Å². The van der Waals surface area contributed by atoms with E-state index in [1.807, 2.05) is 0 Å². The third-order valence-electron chi connectivity index (χ3n) is 3.09. The molecule has 0 saturated carbocycles. The Bertz CT molecular complexity index is 406. The van der Waals surface area contributed by atoms with Crippen molar-refractivity contribution in [3.63, 3.8) is 0 Å². The second-order valence-electron chi connectivity index (χ2n) is 4.11. The van der Waals surface area contributed by atoms with E-state index in [-0.39, 0.29) is 5.41 Å². The van der Waals surface area contributed by atoms with Gasteiger partial charge in [-0.2, -0.15) is 0 Å². The van der Waals surface area contributed by atoms with Crippen molar-refractivity contribution in [2.24, 2.45) is 0 Å². The van der Waals surface area contributed by atoms with Crippen LogP contribution in [0.3, 0.4) is 0 Å². The average molecular weight is 342 g/mol. The molecule has 0 amide bonds. The summed E-state index contributed by atoms with van der Waals surface area (Å²) in [6.07, 6.45) is 7.95. The second kappa shape index (κ2) is 5.33. The molecule has 84 valence electrons. The maximum Gasteiger partial charge on any atom is 0.0279 e. The van der Waals surface area contributed by atoms with Gasteiger partial charge in [0.2, 0.25) is 0 Å². The van der Waals surface area contributed by atoms with Gasteiger partial charge in [0, 0.05) is 16.1 Å². The summed E-state index contributed by atoms with van der Waals surface area (Å²) in [5.74, 6) is 0. The summed E-state index contributed by atoms with van der Waals surface area (Å²) in [7, 11) is 0. The number of alkyl halides is 2. The van der Waals surface area contributed by atoms with Gasteiger partial charge in [-0.15, -0.1) is 0 Å². The van der Waals surface area contributed by atoms with E-state index in [0.717, 1.165) is 17.1 Å². The molecule has 1 aromatic rings. The molecule has 1 aliphatic carbocycles. The zero-order chi connectivity index (χ0) is 11.4. The molecule has 1 atom stereocenters. The number of halogens is 2. The largest absolute Gasteiger partial charge is 0.0915 e. The molecule has 1 unspecified atom stereocenters. The molecule has 0 fully saturated rings. The molecule has 0 spiro atoms. The van der Waals surface area contributed by atoms with Gasteiger partial charge >= 0.3 is 0 Å². The predicted octanol–water partition coefficient (Wildman–Crippen LogP) is 4.60. The smallest absolute Gasteiger partial charge is 0.0279 e. The Morgan fingerprint density at radius 3 is 2.38 bits per heavy atom. The first-order chi connectivity index (χ1) is 7.80. The first-order valence-corrected chi connectivity index (χ1v) is 7.61. The van der Waals surface area contributed by atoms with Gasteiger partial charge < -0.3 is 0 Å². The van der Waals surface area contributed by atoms with Crippen LogP contribution in [0.1, 0.15) is 12.0 Å². The molecule has 2 heteroatoms. The maximum atomic E-state index is 3.65. The zero-order valence-corrected chi connectivity index (χ0v) is 12.2. The topological polar surface area (TPSA) is 0 Å². The number of hydrogen-bond acceptors (Lipinski definition) is 0. The lowest BCUT2D eigenvalue weighted by Gasteiger charge is -2.31. The van der Waals surface area contributed by atoms with Gasteiger partial charge in [0.1, 0.15) is 0 Å². The Morgan fingerprint density at radius 1 is 1.12 bits per heavy atom. The van der Waals surface area contributed by atoms with E-state index in [1.165, 1.54) is 11.1 Å². The number of hydrogen-bond donors (Lipinski definition) is 0. The van der Waals surface area contributed by atoms with Crippen LogP contribution >= 0.6 is 31.9 Å². The summed E-state index contributed by atoms with van der Waals surface area (Å²) in [4.78, 5) is 0. The molecule has 1 aromatic carbocycles. The number of rotatable bonds is 3. The van der Waals surface area contributed by atoms with Crippen molar-refractivity contribution >= 4 is 31.9 Å². The van der Waals surface area contributed by atoms with Gasteiger partial charge in [0.25, 0.3) is 0 Å². The summed E-state index contributed by atoms with van der Waals surface area (Å²) < 4.78 is 0. The Hall–Kier alpha value is -0.340. The van der Waals surface area contributed by atoms with Crippen molar-refractivity contribution < 1.29 is 0 Å². The predicted molar refractivity (Wildman–Crippen MR) is 77.5 cm³/mol. The second-order valence-corrected chi connectivity index (χ2v) is 5.23. The Kier molecular flexibility index (Phi) is 4.04. The molecule has 2 rings (SSSR count). The Morgan fingerprint density at radius 2 is 1.88 bits per heavy atom. The van der Waals surface area contributed by atoms with E-state index in [9.17, 15) is 0 Å². The lowest BCUT2D eigenvalue weighted by Crippen LogP contribution is -2.26. The lowest BCUT2D eigenvalue weighted by atomic mass is 9.76. The van der Waals surface area contributed by atoms with E-state index in [1.54, 1.807) is 0 Å². The van der Waals surface area contributed by atoms with E-state index in [4.69, 9.17) is 0 Å². The lowest BCUT2D eigenvalue weighted by molar-refractivity contribution is 0.612. The minimum atomic E-state index is 0.132. The van der Waals surface area contributed by atoms with Gasteiger partial charge in [-0.3, -0.25) is 0 Å². The zero-order valence-electron chi connectivity index (χ0n) is 9.00. The molecule has 0 bridgehead atoms. The fourth-order valence-electron chi connectivity index (χ4n) is 1.98. The molecule has 1 aliphatic rings. The molecule has 16 heavy (non-hydrogen) atoms. The van der Waals surface area contributed by atoms with Crippen molar-refractivity contribution in [3.05, 3.63) is 59.7 Å². The molecule has 0 heterocycles. The van der Waals surface area contributed by atoms with Gasteiger partial charge in [-0.1, -0.05) is 80.4 Å².